The van der Waals surface area contributed by atoms with Crippen molar-refractivity contribution in [3.63, 3.8) is 0 Å². The normalized spacial score (nSPS) is 22.5. The third kappa shape index (κ3) is 2.63. The van der Waals surface area contributed by atoms with Crippen molar-refractivity contribution in [2.24, 2.45) is 5.92 Å². The molecule has 2 unspecified atom stereocenters. The van der Waals surface area contributed by atoms with E-state index in [1.54, 1.807) is 12.3 Å². The van der Waals surface area contributed by atoms with Crippen LogP contribution in [0, 0.1) is 5.92 Å². The number of rotatable bonds is 2. The molecule has 0 bridgehead atoms. The summed E-state index contributed by atoms with van der Waals surface area (Å²) in [4.78, 5) is 19.0. The van der Waals surface area contributed by atoms with Crippen molar-refractivity contribution in [1.29, 1.82) is 0 Å². The maximum atomic E-state index is 12.8. The summed E-state index contributed by atoms with van der Waals surface area (Å²) in [6.07, 6.45) is 2.95. The fourth-order valence-electron chi connectivity index (χ4n) is 3.06. The zero-order valence-corrected chi connectivity index (χ0v) is 12.2. The van der Waals surface area contributed by atoms with Gasteiger partial charge in [-0.15, -0.1) is 0 Å². The molecule has 4 heteroatoms. The second kappa shape index (κ2) is 5.82. The molecule has 0 radical (unpaired) electrons. The van der Waals surface area contributed by atoms with Gasteiger partial charge in [-0.05, 0) is 25.0 Å². The Morgan fingerprint density at radius 2 is 2.19 bits per heavy atom. The van der Waals surface area contributed by atoms with Gasteiger partial charge in [-0.2, -0.15) is 0 Å². The number of carbonyl (C=O) groups excluding carboxylic acids is 1. The van der Waals surface area contributed by atoms with Crippen LogP contribution in [-0.2, 0) is 0 Å². The highest BCUT2D eigenvalue weighted by atomic mass is 16.3. The van der Waals surface area contributed by atoms with E-state index in [1.807, 2.05) is 29.2 Å². The molecule has 3 rings (SSSR count). The van der Waals surface area contributed by atoms with E-state index in [4.69, 9.17) is 0 Å². The molecule has 1 saturated heterocycles. The Kier molecular flexibility index (Phi) is 3.88. The van der Waals surface area contributed by atoms with E-state index < -0.39 is 0 Å². The fourth-order valence-corrected chi connectivity index (χ4v) is 3.06. The average Bonchev–Trinajstić information content (AvgIpc) is 2.54. The molecular formula is C17H20N2O2. The molecule has 1 aliphatic rings. The van der Waals surface area contributed by atoms with Crippen LogP contribution in [0.5, 0.6) is 0 Å². The van der Waals surface area contributed by atoms with Gasteiger partial charge in [-0.1, -0.05) is 25.1 Å². The van der Waals surface area contributed by atoms with Crippen molar-refractivity contribution in [2.45, 2.75) is 25.9 Å². The standard InChI is InChI=1S/C17H20N2O2/c1-2-12-11-19(10-8-16(12)20)17(21)14-7-9-18-15-6-4-3-5-13(14)15/h3-7,9,12,16,20H,2,8,10-11H2,1H3. The van der Waals surface area contributed by atoms with Crippen LogP contribution in [0.15, 0.2) is 36.5 Å². The first-order valence-corrected chi connectivity index (χ1v) is 7.51. The molecule has 0 spiro atoms. The van der Waals surface area contributed by atoms with Crippen molar-refractivity contribution in [1.82, 2.24) is 9.88 Å². The third-order valence-electron chi connectivity index (χ3n) is 4.38. The Morgan fingerprint density at radius 1 is 1.38 bits per heavy atom. The van der Waals surface area contributed by atoms with Gasteiger partial charge in [0, 0.05) is 30.6 Å². The number of benzene rings is 1. The zero-order chi connectivity index (χ0) is 14.8. The monoisotopic (exact) mass is 284 g/mol. The van der Waals surface area contributed by atoms with Crippen LogP contribution in [0.25, 0.3) is 10.9 Å². The van der Waals surface area contributed by atoms with Crippen molar-refractivity contribution in [3.8, 4) is 0 Å². The lowest BCUT2D eigenvalue weighted by molar-refractivity contribution is 0.0230. The van der Waals surface area contributed by atoms with E-state index in [0.717, 1.165) is 17.3 Å². The van der Waals surface area contributed by atoms with Crippen LogP contribution >= 0.6 is 0 Å². The molecule has 1 N–H and O–H groups in total. The minimum Gasteiger partial charge on any atom is -0.393 e. The largest absolute Gasteiger partial charge is 0.393 e. The number of nitrogens with zero attached hydrogens (tertiary/aromatic N) is 2. The van der Waals surface area contributed by atoms with Gasteiger partial charge in [0.2, 0.25) is 0 Å². The second-order valence-electron chi connectivity index (χ2n) is 5.65. The summed E-state index contributed by atoms with van der Waals surface area (Å²) < 4.78 is 0. The van der Waals surface area contributed by atoms with E-state index in [0.29, 0.717) is 25.1 Å². The number of hydrogen-bond donors (Lipinski definition) is 1. The van der Waals surface area contributed by atoms with E-state index in [-0.39, 0.29) is 17.9 Å². The van der Waals surface area contributed by atoms with Crippen molar-refractivity contribution in [3.05, 3.63) is 42.1 Å². The molecule has 1 aromatic heterocycles. The first-order chi connectivity index (χ1) is 10.2. The van der Waals surface area contributed by atoms with Gasteiger partial charge >= 0.3 is 0 Å². The van der Waals surface area contributed by atoms with Gasteiger partial charge in [0.05, 0.1) is 17.2 Å². The van der Waals surface area contributed by atoms with Gasteiger partial charge in [0.1, 0.15) is 0 Å². The lowest BCUT2D eigenvalue weighted by atomic mass is 9.92. The number of hydrogen-bond acceptors (Lipinski definition) is 3. The fraction of sp³-hybridized carbons (Fsp3) is 0.412. The smallest absolute Gasteiger partial charge is 0.254 e. The molecule has 1 amide bonds. The summed E-state index contributed by atoms with van der Waals surface area (Å²) in [7, 11) is 0. The molecular weight excluding hydrogens is 264 g/mol. The van der Waals surface area contributed by atoms with Crippen LogP contribution in [0.4, 0.5) is 0 Å². The number of para-hydroxylation sites is 1. The number of carbonyl (C=O) groups is 1. The summed E-state index contributed by atoms with van der Waals surface area (Å²) in [5.41, 5.74) is 1.54. The number of likely N-dealkylation sites (tertiary alicyclic amines) is 1. The van der Waals surface area contributed by atoms with E-state index >= 15 is 0 Å². The molecule has 0 saturated carbocycles. The molecule has 2 aromatic rings. The predicted molar refractivity (Wildman–Crippen MR) is 82.1 cm³/mol. The quantitative estimate of drug-likeness (QED) is 0.921. The maximum absolute atomic E-state index is 12.8. The van der Waals surface area contributed by atoms with Crippen LogP contribution in [0.3, 0.4) is 0 Å². The van der Waals surface area contributed by atoms with Crippen molar-refractivity contribution < 1.29 is 9.90 Å². The first kappa shape index (κ1) is 14.0. The highest BCUT2D eigenvalue weighted by Gasteiger charge is 2.30. The zero-order valence-electron chi connectivity index (χ0n) is 12.2. The van der Waals surface area contributed by atoms with Crippen molar-refractivity contribution in [2.75, 3.05) is 13.1 Å². The number of pyridine rings is 1. The topological polar surface area (TPSA) is 53.4 Å². The highest BCUT2D eigenvalue weighted by Crippen LogP contribution is 2.24. The third-order valence-corrected chi connectivity index (χ3v) is 4.38. The second-order valence-corrected chi connectivity index (χ2v) is 5.65. The SMILES string of the molecule is CCC1CN(C(=O)c2ccnc3ccccc23)CCC1O. The van der Waals surface area contributed by atoms with Gasteiger partial charge in [-0.25, -0.2) is 0 Å². The molecule has 110 valence electrons. The number of amides is 1. The summed E-state index contributed by atoms with van der Waals surface area (Å²) >= 11 is 0. The minimum atomic E-state index is -0.284. The number of piperidine rings is 1. The number of fused-ring (bicyclic) bond motifs is 1. The summed E-state index contributed by atoms with van der Waals surface area (Å²) in [6, 6.07) is 9.49. The molecule has 2 atom stereocenters. The lowest BCUT2D eigenvalue weighted by Gasteiger charge is -2.36. The average molecular weight is 284 g/mol. The van der Waals surface area contributed by atoms with E-state index in [2.05, 4.69) is 11.9 Å². The summed E-state index contributed by atoms with van der Waals surface area (Å²) in [5, 5.41) is 10.9. The van der Waals surface area contributed by atoms with Crippen LogP contribution < -0.4 is 0 Å². The van der Waals surface area contributed by atoms with Crippen molar-refractivity contribution >= 4 is 16.8 Å². The molecule has 21 heavy (non-hydrogen) atoms. The lowest BCUT2D eigenvalue weighted by Crippen LogP contribution is -2.45. The van der Waals surface area contributed by atoms with Crippen LogP contribution in [0.2, 0.25) is 0 Å². The van der Waals surface area contributed by atoms with Gasteiger partial charge < -0.3 is 10.0 Å². The van der Waals surface area contributed by atoms with E-state index in [1.165, 1.54) is 0 Å². The Labute approximate surface area is 124 Å². The minimum absolute atomic E-state index is 0.0407. The molecule has 2 heterocycles. The summed E-state index contributed by atoms with van der Waals surface area (Å²) in [6.45, 7) is 3.31. The first-order valence-electron chi connectivity index (χ1n) is 7.51. The van der Waals surface area contributed by atoms with Gasteiger partial charge in [0.25, 0.3) is 5.91 Å². The molecule has 1 aromatic carbocycles. The Morgan fingerprint density at radius 3 is 3.00 bits per heavy atom. The Hall–Kier alpha value is -1.94. The van der Waals surface area contributed by atoms with Crippen LogP contribution in [-0.4, -0.2) is 40.1 Å². The molecule has 4 nitrogen and oxygen atoms in total. The number of aliphatic hydroxyl groups excluding tert-OH is 1. The highest BCUT2D eigenvalue weighted by molar-refractivity contribution is 6.05. The van der Waals surface area contributed by atoms with Gasteiger partial charge in [0.15, 0.2) is 0 Å². The number of aromatic nitrogens is 1. The Balaban J connectivity index is 1.90. The Bertz CT molecular complexity index is 651. The van der Waals surface area contributed by atoms with Crippen LogP contribution in [0.1, 0.15) is 30.1 Å². The molecule has 1 fully saturated rings. The molecule has 0 aliphatic carbocycles. The van der Waals surface area contributed by atoms with E-state index in [9.17, 15) is 9.90 Å². The summed E-state index contributed by atoms with van der Waals surface area (Å²) in [5.74, 6) is 0.217. The maximum Gasteiger partial charge on any atom is 0.254 e. The number of aliphatic hydroxyl groups is 1. The van der Waals surface area contributed by atoms with Gasteiger partial charge in [-0.3, -0.25) is 9.78 Å². The molecule has 1 aliphatic heterocycles. The predicted octanol–water partition coefficient (Wildman–Crippen LogP) is 2.47.